The number of carboxylic acids is 1. The molecule has 0 fully saturated rings. The Hall–Kier alpha value is -11.1. The van der Waals surface area contributed by atoms with Crippen LogP contribution in [0.1, 0.15) is 43.5 Å². The Kier molecular flexibility index (Phi) is 18.3. The summed E-state index contributed by atoms with van der Waals surface area (Å²) in [4.78, 5) is 74.5. The number of carboxylic acid groups (broad SMARTS) is 1. The third kappa shape index (κ3) is 13.9. The molecule has 35 heteroatoms. The molecule has 0 aliphatic heterocycles. The van der Waals surface area contributed by atoms with Gasteiger partial charge in [-0.05, 0) is 38.1 Å². The number of hydrogen-bond acceptors (Lipinski definition) is 22. The van der Waals surface area contributed by atoms with Crippen molar-refractivity contribution in [2.45, 2.75) is 31.1 Å². The highest BCUT2D eigenvalue weighted by molar-refractivity contribution is 7.90. The number of carbonyl (C=O) groups excluding carboxylic acids is 1. The van der Waals surface area contributed by atoms with Crippen molar-refractivity contribution in [2.24, 2.45) is 14.1 Å². The van der Waals surface area contributed by atoms with Gasteiger partial charge in [-0.25, -0.2) is 52.0 Å². The van der Waals surface area contributed by atoms with Gasteiger partial charge in [0.1, 0.15) is 34.1 Å². The molecule has 28 nitrogen and oxygen atoms in total. The number of methoxy groups -OCH3 is 6. The first-order chi connectivity index (χ1) is 42.0. The quantitative estimate of drug-likeness (QED) is 0.0637. The average molecular weight is 1260 g/mol. The van der Waals surface area contributed by atoms with Crippen molar-refractivity contribution in [2.75, 3.05) is 53.3 Å². The van der Waals surface area contributed by atoms with Crippen molar-refractivity contribution in [1.82, 2.24) is 63.3 Å². The van der Waals surface area contributed by atoms with E-state index < -0.39 is 67.3 Å². The fourth-order valence-corrected chi connectivity index (χ4v) is 9.43. The third-order valence-corrected chi connectivity index (χ3v) is 13.9. The molecule has 0 spiro atoms. The second kappa shape index (κ2) is 25.4. The smallest absolute Gasteiger partial charge is 0.435 e. The number of aryl methyl sites for hydroxylation is 3. The zero-order valence-electron chi connectivity index (χ0n) is 48.0. The molecule has 4 N–H and O–H groups in total. The van der Waals surface area contributed by atoms with Crippen LogP contribution in [0.5, 0.6) is 34.8 Å². The Morgan fingerprint density at radius 2 is 0.966 bits per heavy atom. The Labute approximate surface area is 498 Å². The Morgan fingerprint density at radius 3 is 1.34 bits per heavy atom. The zero-order chi connectivity index (χ0) is 65.0. The molecule has 0 atom stereocenters. The number of ether oxygens (including phenoxy) is 6. The SMILES string of the molecule is COc1cc(Nc2ncc(-c3cnc(OC)c(C(=O)NS(=O)(=O)c4cn(C)c(=O)n(C)c4=O)c3)c(-n3nc(C(F)(F)F)cc3C)n2)cc(OC)c1.COc1cc(Nc2ncc(-c3cnc(OC)c(C(=O)O)c3)c(-n3nc(C(F)(F)F)cc3C)n2)cc(OC)c1. The van der Waals surface area contributed by atoms with Crippen molar-refractivity contribution in [3.05, 3.63) is 146 Å². The van der Waals surface area contributed by atoms with Gasteiger partial charge in [-0.3, -0.25) is 14.2 Å². The summed E-state index contributed by atoms with van der Waals surface area (Å²) in [7, 11) is 5.69. The van der Waals surface area contributed by atoms with Gasteiger partial charge in [-0.1, -0.05) is 0 Å². The van der Waals surface area contributed by atoms with E-state index in [0.29, 0.717) is 38.9 Å². The number of sulfonamides is 1. The molecule has 0 saturated carbocycles. The highest BCUT2D eigenvalue weighted by Crippen LogP contribution is 2.37. The van der Waals surface area contributed by atoms with Gasteiger partial charge in [-0.15, -0.1) is 0 Å². The first kappa shape index (κ1) is 63.9. The molecule has 0 radical (unpaired) electrons. The van der Waals surface area contributed by atoms with E-state index in [-0.39, 0.29) is 74.5 Å². The largest absolute Gasteiger partial charge is 0.497 e. The van der Waals surface area contributed by atoms with Crippen LogP contribution in [0.25, 0.3) is 33.9 Å². The molecular weight excluding hydrogens is 1210 g/mol. The maximum Gasteiger partial charge on any atom is 0.435 e. The van der Waals surface area contributed by atoms with Crippen LogP contribution in [0, 0.1) is 13.8 Å². The molecule has 9 rings (SSSR count). The summed E-state index contributed by atoms with van der Waals surface area (Å²) in [6.07, 6.45) is -3.69. The average Bonchev–Trinajstić information content (AvgIpc) is 1.82. The third-order valence-electron chi connectivity index (χ3n) is 12.6. The summed E-state index contributed by atoms with van der Waals surface area (Å²) in [5, 5.41) is 22.9. The summed E-state index contributed by atoms with van der Waals surface area (Å²) in [6.45, 7) is 2.80. The minimum Gasteiger partial charge on any atom is -0.497 e. The van der Waals surface area contributed by atoms with E-state index in [1.165, 1.54) is 87.3 Å². The lowest BCUT2D eigenvalue weighted by Crippen LogP contribution is -2.42. The molecule has 0 saturated heterocycles. The predicted octanol–water partition coefficient (Wildman–Crippen LogP) is 6.86. The number of carbonyl (C=O) groups is 2. The van der Waals surface area contributed by atoms with Gasteiger partial charge in [0.25, 0.3) is 21.5 Å². The molecule has 7 heterocycles. The van der Waals surface area contributed by atoms with Crippen LogP contribution in [-0.2, 0) is 36.5 Å². The van der Waals surface area contributed by atoms with Crippen molar-refractivity contribution >= 4 is 45.2 Å². The highest BCUT2D eigenvalue weighted by atomic mass is 32.2. The van der Waals surface area contributed by atoms with Gasteiger partial charge >= 0.3 is 24.0 Å². The fourth-order valence-electron chi connectivity index (χ4n) is 8.30. The van der Waals surface area contributed by atoms with Gasteiger partial charge in [-0.2, -0.15) is 46.5 Å². The Morgan fingerprint density at radius 1 is 0.562 bits per heavy atom. The maximum absolute atomic E-state index is 13.7. The van der Waals surface area contributed by atoms with Crippen molar-refractivity contribution in [1.29, 1.82) is 0 Å². The number of hydrogen-bond donors (Lipinski definition) is 4. The van der Waals surface area contributed by atoms with E-state index in [0.717, 1.165) is 52.5 Å². The summed E-state index contributed by atoms with van der Waals surface area (Å²) < 4.78 is 144. The fraction of sp³-hybridized carbons (Fsp3) is 0.222. The van der Waals surface area contributed by atoms with Gasteiger partial charge in [0.2, 0.25) is 23.7 Å². The van der Waals surface area contributed by atoms with E-state index in [2.05, 4.69) is 50.7 Å². The van der Waals surface area contributed by atoms with E-state index in [4.69, 9.17) is 28.4 Å². The number of pyridine rings is 2. The molecule has 2 aromatic carbocycles. The minimum absolute atomic E-state index is 0.0162. The lowest BCUT2D eigenvalue weighted by Gasteiger charge is -2.15. The molecule has 466 valence electrons. The molecule has 0 bridgehead atoms. The number of amides is 1. The summed E-state index contributed by atoms with van der Waals surface area (Å²) >= 11 is 0. The molecule has 7 aromatic heterocycles. The van der Waals surface area contributed by atoms with E-state index in [1.54, 1.807) is 41.1 Å². The van der Waals surface area contributed by atoms with Crippen molar-refractivity contribution in [3.63, 3.8) is 0 Å². The monoisotopic (exact) mass is 1260 g/mol. The van der Waals surface area contributed by atoms with Crippen LogP contribution in [0.4, 0.5) is 49.6 Å². The summed E-state index contributed by atoms with van der Waals surface area (Å²) in [5.74, 6) is -1.59. The topological polar surface area (TPSA) is 337 Å². The standard InChI is InChI=1S/C30H28F3N9O8S.C24H21F3N6O5/c1-15-7-23(30(31,32)33)38-42(15)24-21(13-35-28(37-24)36-17-9-18(48-4)11-19(10-17)49-5)16-8-20(26(50-6)34-12-16)25(43)39-51(46,47)22-14-40(2)29(45)41(3)27(22)44;1-12-5-19(24(25,26)27)32-33(12)20-18(13-6-17(22(34)35)21(38-4)28-10-13)11-29-23(31-20)30-14-7-15(36-2)9-16(8-14)37-3/h7-14H,1-6H3,(H,39,43)(H,35,36,37);5-11H,1-4H3,(H,34,35)(H,29,30,31). The number of nitrogens with one attached hydrogen (secondary N) is 3. The minimum atomic E-state index is -4.86. The van der Waals surface area contributed by atoms with Crippen LogP contribution < -0.4 is 55.0 Å². The second-order valence-electron chi connectivity index (χ2n) is 18.5. The van der Waals surface area contributed by atoms with Gasteiger partial charge in [0.15, 0.2) is 27.9 Å². The Bertz CT molecular complexity index is 4410. The summed E-state index contributed by atoms with van der Waals surface area (Å²) in [6, 6.07) is 13.8. The number of nitrogens with zero attached hydrogens (tertiary/aromatic N) is 12. The first-order valence-electron chi connectivity index (χ1n) is 25.2. The molecule has 9 aromatic rings. The van der Waals surface area contributed by atoms with Crippen LogP contribution in [0.2, 0.25) is 0 Å². The van der Waals surface area contributed by atoms with Gasteiger partial charge in [0, 0.05) is 126 Å². The predicted molar refractivity (Wildman–Crippen MR) is 302 cm³/mol. The van der Waals surface area contributed by atoms with Crippen molar-refractivity contribution < 1.29 is 77.9 Å². The van der Waals surface area contributed by atoms with Gasteiger partial charge in [0.05, 0.1) is 42.7 Å². The van der Waals surface area contributed by atoms with E-state index >= 15 is 0 Å². The van der Waals surface area contributed by atoms with Crippen LogP contribution in [-0.4, -0.2) is 127 Å². The number of rotatable bonds is 18. The number of halogens is 6. The number of alkyl halides is 6. The molecule has 0 aliphatic rings. The second-order valence-corrected chi connectivity index (χ2v) is 20.2. The van der Waals surface area contributed by atoms with E-state index in [9.17, 15) is 59.0 Å². The lowest BCUT2D eigenvalue weighted by molar-refractivity contribution is -0.142. The highest BCUT2D eigenvalue weighted by Gasteiger charge is 2.37. The number of aromatic nitrogens is 12. The van der Waals surface area contributed by atoms with E-state index in [1.807, 2.05) is 0 Å². The molecule has 1 amide bonds. The van der Waals surface area contributed by atoms with Crippen LogP contribution in [0.3, 0.4) is 0 Å². The Balaban J connectivity index is 0.000000240. The first-order valence-corrected chi connectivity index (χ1v) is 26.7. The van der Waals surface area contributed by atoms with Gasteiger partial charge < -0.3 is 48.7 Å². The van der Waals surface area contributed by atoms with Crippen LogP contribution >= 0.6 is 0 Å². The number of aromatic carboxylic acids is 1. The lowest BCUT2D eigenvalue weighted by atomic mass is 10.1. The van der Waals surface area contributed by atoms with Crippen molar-refractivity contribution in [3.8, 4) is 68.6 Å². The normalized spacial score (nSPS) is 11.5. The summed E-state index contributed by atoms with van der Waals surface area (Å²) in [5.41, 5.74) is -3.55. The number of benzene rings is 2. The van der Waals surface area contributed by atoms with Crippen LogP contribution in [0.15, 0.2) is 106 Å². The molecular formula is C54H49F6N15O13S. The maximum atomic E-state index is 13.7. The molecule has 89 heavy (non-hydrogen) atoms. The molecule has 0 aliphatic carbocycles. The molecule has 0 unspecified atom stereocenters. The zero-order valence-corrected chi connectivity index (χ0v) is 48.9. The number of anilines is 4.